The van der Waals surface area contributed by atoms with Gasteiger partial charge in [-0.3, -0.25) is 4.68 Å². The Morgan fingerprint density at radius 3 is 2.45 bits per heavy atom. The summed E-state index contributed by atoms with van der Waals surface area (Å²) in [5.74, 6) is -1.42. The Morgan fingerprint density at radius 2 is 1.95 bits per heavy atom. The maximum absolute atomic E-state index is 11.9. The number of carboxylic acids is 1. The lowest BCUT2D eigenvalue weighted by molar-refractivity contribution is 0.0681. The van der Waals surface area contributed by atoms with Gasteiger partial charge in [0.05, 0.1) is 0 Å². The average molecular weight is 274 g/mol. The van der Waals surface area contributed by atoms with Crippen molar-refractivity contribution in [1.29, 1.82) is 0 Å². The van der Waals surface area contributed by atoms with Gasteiger partial charge in [-0.2, -0.15) is 5.10 Å². The van der Waals surface area contributed by atoms with Crippen molar-refractivity contribution in [2.24, 2.45) is 0 Å². The molecule has 1 heterocycles. The van der Waals surface area contributed by atoms with E-state index >= 15 is 0 Å². The van der Waals surface area contributed by atoms with Crippen molar-refractivity contribution in [3.05, 3.63) is 47.3 Å². The molecule has 1 aromatic heterocycles. The first kappa shape index (κ1) is 13.8. The van der Waals surface area contributed by atoms with Crippen molar-refractivity contribution in [1.82, 2.24) is 9.78 Å². The summed E-state index contributed by atoms with van der Waals surface area (Å²) in [6, 6.07) is 8.18. The summed E-state index contributed by atoms with van der Waals surface area (Å²) in [5.41, 5.74) is 0.987. The fourth-order valence-electron chi connectivity index (χ4n) is 1.70. The minimum absolute atomic E-state index is 0.0233. The Kier molecular flexibility index (Phi) is 3.84. The van der Waals surface area contributed by atoms with Gasteiger partial charge in [-0.1, -0.05) is 17.7 Å². The first-order valence-electron chi connectivity index (χ1n) is 6.11. The molecular formula is C14H14N2O4. The quantitative estimate of drug-likeness (QED) is 0.682. The zero-order valence-corrected chi connectivity index (χ0v) is 11.2. The van der Waals surface area contributed by atoms with Crippen LogP contribution in [0.2, 0.25) is 0 Å². The molecule has 2 aromatic rings. The van der Waals surface area contributed by atoms with Gasteiger partial charge < -0.3 is 9.84 Å². The van der Waals surface area contributed by atoms with E-state index in [1.54, 1.807) is 19.1 Å². The van der Waals surface area contributed by atoms with Crippen molar-refractivity contribution in [3.63, 3.8) is 0 Å². The number of aryl methyl sites for hydroxylation is 2. The highest BCUT2D eigenvalue weighted by atomic mass is 16.5. The maximum atomic E-state index is 11.9. The van der Waals surface area contributed by atoms with E-state index in [4.69, 9.17) is 9.84 Å². The van der Waals surface area contributed by atoms with E-state index in [9.17, 15) is 9.59 Å². The minimum Gasteiger partial charge on any atom is -0.477 e. The Balaban J connectivity index is 2.21. The molecule has 0 atom stereocenters. The first-order chi connectivity index (χ1) is 9.51. The fourth-order valence-corrected chi connectivity index (χ4v) is 1.70. The summed E-state index contributed by atoms with van der Waals surface area (Å²) in [6.07, 6.45) is 0. The molecule has 0 aliphatic carbocycles. The van der Waals surface area contributed by atoms with Crippen molar-refractivity contribution in [2.75, 3.05) is 0 Å². The predicted octanol–water partition coefficient (Wildman–Crippen LogP) is 2.13. The molecule has 0 fully saturated rings. The maximum Gasteiger partial charge on any atom is 0.364 e. The number of ether oxygens (including phenoxy) is 1. The van der Waals surface area contributed by atoms with E-state index in [1.807, 2.05) is 19.1 Å². The third-order valence-electron chi connectivity index (χ3n) is 2.74. The smallest absolute Gasteiger partial charge is 0.364 e. The summed E-state index contributed by atoms with van der Waals surface area (Å²) < 4.78 is 6.38. The van der Waals surface area contributed by atoms with Gasteiger partial charge in [-0.15, -0.1) is 0 Å². The summed E-state index contributed by atoms with van der Waals surface area (Å²) in [7, 11) is 0. The van der Waals surface area contributed by atoms with Crippen LogP contribution in [0.25, 0.3) is 0 Å². The topological polar surface area (TPSA) is 81.4 Å². The zero-order chi connectivity index (χ0) is 14.7. The third-order valence-corrected chi connectivity index (χ3v) is 2.74. The standard InChI is InChI=1S/C14H14N2O4/c1-3-16-12(13(17)18)8-11(15-16)14(19)20-10-6-4-9(2)5-7-10/h4-8H,3H2,1-2H3,(H,17,18). The van der Waals surface area contributed by atoms with E-state index < -0.39 is 11.9 Å². The number of aromatic nitrogens is 2. The molecule has 0 saturated heterocycles. The van der Waals surface area contributed by atoms with Crippen LogP contribution in [-0.4, -0.2) is 26.8 Å². The van der Waals surface area contributed by atoms with Crippen LogP contribution in [0.15, 0.2) is 30.3 Å². The van der Waals surface area contributed by atoms with Crippen LogP contribution in [0.4, 0.5) is 0 Å². The van der Waals surface area contributed by atoms with Crippen LogP contribution in [0.3, 0.4) is 0 Å². The molecule has 1 N–H and O–H groups in total. The van der Waals surface area contributed by atoms with Crippen molar-refractivity contribution in [3.8, 4) is 5.75 Å². The molecule has 0 bridgehead atoms. The molecule has 104 valence electrons. The lowest BCUT2D eigenvalue weighted by Gasteiger charge is -2.02. The van der Waals surface area contributed by atoms with E-state index in [2.05, 4.69) is 5.10 Å². The molecule has 1 aromatic carbocycles. The molecule has 0 unspecified atom stereocenters. The lowest BCUT2D eigenvalue weighted by Crippen LogP contribution is -2.11. The van der Waals surface area contributed by atoms with Gasteiger partial charge in [0.2, 0.25) is 0 Å². The first-order valence-corrected chi connectivity index (χ1v) is 6.11. The Morgan fingerprint density at radius 1 is 1.30 bits per heavy atom. The van der Waals surface area contributed by atoms with Gasteiger partial charge >= 0.3 is 11.9 Å². The highest BCUT2D eigenvalue weighted by Crippen LogP contribution is 2.14. The van der Waals surface area contributed by atoms with Crippen LogP contribution in [0, 0.1) is 6.92 Å². The van der Waals surface area contributed by atoms with Gasteiger partial charge in [0.25, 0.3) is 0 Å². The van der Waals surface area contributed by atoms with E-state index in [0.717, 1.165) is 5.56 Å². The van der Waals surface area contributed by atoms with Crippen molar-refractivity contribution >= 4 is 11.9 Å². The van der Waals surface area contributed by atoms with Crippen LogP contribution in [0.5, 0.6) is 5.75 Å². The lowest BCUT2D eigenvalue weighted by atomic mass is 10.2. The highest BCUT2D eigenvalue weighted by molar-refractivity contribution is 5.93. The van der Waals surface area contributed by atoms with Gasteiger partial charge in [-0.05, 0) is 26.0 Å². The number of carboxylic acid groups (broad SMARTS) is 1. The number of carbonyl (C=O) groups is 2. The molecule has 2 rings (SSSR count). The normalized spacial score (nSPS) is 10.3. The number of aromatic carboxylic acids is 1. The van der Waals surface area contributed by atoms with Crippen LogP contribution < -0.4 is 4.74 Å². The molecule has 0 aliphatic rings. The highest BCUT2D eigenvalue weighted by Gasteiger charge is 2.19. The molecule has 0 amide bonds. The Bertz CT molecular complexity index is 644. The molecule has 0 aliphatic heterocycles. The van der Waals surface area contributed by atoms with E-state index in [-0.39, 0.29) is 11.4 Å². The third kappa shape index (κ3) is 2.85. The van der Waals surface area contributed by atoms with Gasteiger partial charge in [-0.25, -0.2) is 9.59 Å². The number of nitrogens with zero attached hydrogens (tertiary/aromatic N) is 2. The number of benzene rings is 1. The van der Waals surface area contributed by atoms with Crippen LogP contribution in [-0.2, 0) is 6.54 Å². The second kappa shape index (κ2) is 5.56. The summed E-state index contributed by atoms with van der Waals surface area (Å²) in [5, 5.41) is 12.9. The van der Waals surface area contributed by atoms with Crippen molar-refractivity contribution < 1.29 is 19.4 Å². The number of hydrogen-bond acceptors (Lipinski definition) is 4. The number of hydrogen-bond donors (Lipinski definition) is 1. The number of rotatable bonds is 4. The minimum atomic E-state index is -1.13. The monoisotopic (exact) mass is 274 g/mol. The number of esters is 1. The van der Waals surface area contributed by atoms with E-state index in [1.165, 1.54) is 10.7 Å². The predicted molar refractivity (Wildman–Crippen MR) is 71.0 cm³/mol. The van der Waals surface area contributed by atoms with Crippen LogP contribution >= 0.6 is 0 Å². The zero-order valence-electron chi connectivity index (χ0n) is 11.2. The molecule has 0 spiro atoms. The number of carbonyl (C=O) groups excluding carboxylic acids is 1. The average Bonchev–Trinajstić information content (AvgIpc) is 2.86. The summed E-state index contributed by atoms with van der Waals surface area (Å²) in [6.45, 7) is 4.03. The molecule has 6 heteroatoms. The second-order valence-electron chi connectivity index (χ2n) is 4.24. The fraction of sp³-hybridized carbons (Fsp3) is 0.214. The summed E-state index contributed by atoms with van der Waals surface area (Å²) in [4.78, 5) is 22.9. The summed E-state index contributed by atoms with van der Waals surface area (Å²) >= 11 is 0. The Labute approximate surface area is 115 Å². The van der Waals surface area contributed by atoms with Gasteiger partial charge in [0, 0.05) is 12.6 Å². The molecule has 0 saturated carbocycles. The van der Waals surface area contributed by atoms with Crippen LogP contribution in [0.1, 0.15) is 33.5 Å². The van der Waals surface area contributed by atoms with Crippen molar-refractivity contribution in [2.45, 2.75) is 20.4 Å². The molecular weight excluding hydrogens is 260 g/mol. The van der Waals surface area contributed by atoms with Gasteiger partial charge in [0.15, 0.2) is 5.69 Å². The van der Waals surface area contributed by atoms with E-state index in [0.29, 0.717) is 12.3 Å². The molecule has 6 nitrogen and oxygen atoms in total. The SMILES string of the molecule is CCn1nc(C(=O)Oc2ccc(C)cc2)cc1C(=O)O. The molecule has 0 radical (unpaired) electrons. The second-order valence-corrected chi connectivity index (χ2v) is 4.24. The Hall–Kier alpha value is -2.63. The largest absolute Gasteiger partial charge is 0.477 e. The van der Waals surface area contributed by atoms with Gasteiger partial charge in [0.1, 0.15) is 11.4 Å². The molecule has 20 heavy (non-hydrogen) atoms.